The number of benzene rings is 1. The Labute approximate surface area is 167 Å². The van der Waals surface area contributed by atoms with Crippen molar-refractivity contribution in [2.75, 3.05) is 13.6 Å². The average Bonchev–Trinajstić information content (AvgIpc) is 2.65. The van der Waals surface area contributed by atoms with Gasteiger partial charge >= 0.3 is 0 Å². The molecular formula is C26H37N. The third kappa shape index (κ3) is 6.36. The highest BCUT2D eigenvalue weighted by Crippen LogP contribution is 2.34. The molecule has 2 atom stereocenters. The van der Waals surface area contributed by atoms with E-state index < -0.39 is 0 Å². The van der Waals surface area contributed by atoms with Gasteiger partial charge in [-0.2, -0.15) is 0 Å². The van der Waals surface area contributed by atoms with E-state index in [4.69, 9.17) is 0 Å². The van der Waals surface area contributed by atoms with E-state index in [1.54, 1.807) is 0 Å². The lowest BCUT2D eigenvalue weighted by Gasteiger charge is -2.30. The Bertz CT molecular complexity index is 705. The third-order valence-corrected chi connectivity index (χ3v) is 5.78. The molecule has 1 aliphatic rings. The normalized spacial score (nSPS) is 18.4. The van der Waals surface area contributed by atoms with Crippen LogP contribution in [0.5, 0.6) is 0 Å². The molecule has 0 spiro atoms. The van der Waals surface area contributed by atoms with Crippen molar-refractivity contribution in [3.05, 3.63) is 84.0 Å². The highest BCUT2D eigenvalue weighted by Gasteiger charge is 2.24. The second kappa shape index (κ2) is 9.90. The van der Waals surface area contributed by atoms with E-state index in [1.807, 2.05) is 0 Å². The minimum absolute atomic E-state index is 0.190. The van der Waals surface area contributed by atoms with Gasteiger partial charge in [0.2, 0.25) is 0 Å². The van der Waals surface area contributed by atoms with Gasteiger partial charge in [0.15, 0.2) is 0 Å². The molecule has 0 radical (unpaired) electrons. The second-order valence-electron chi connectivity index (χ2n) is 8.71. The number of nitrogens with zero attached hydrogens (tertiary/aromatic N) is 1. The maximum absolute atomic E-state index is 3.95. The number of rotatable bonds is 9. The number of hydrogen-bond acceptors (Lipinski definition) is 1. The maximum atomic E-state index is 3.95. The fourth-order valence-corrected chi connectivity index (χ4v) is 3.76. The molecule has 0 N–H and O–H groups in total. The van der Waals surface area contributed by atoms with Crippen molar-refractivity contribution < 1.29 is 0 Å². The summed E-state index contributed by atoms with van der Waals surface area (Å²) in [6.45, 7) is 15.1. The van der Waals surface area contributed by atoms with E-state index in [1.165, 1.54) is 16.7 Å². The fourth-order valence-electron chi connectivity index (χ4n) is 3.76. The first-order valence-electron chi connectivity index (χ1n) is 10.2. The molecular weight excluding hydrogens is 326 g/mol. The molecule has 1 aliphatic carbocycles. The van der Waals surface area contributed by atoms with Crippen LogP contribution in [0.1, 0.15) is 43.9 Å². The standard InChI is InChI=1S/C26H37N/c1-7-21(2)19-25-22(3)13-11-14-23(25)20-27(6)18-12-17-26(4,5)24-15-9-8-10-16-24/h7-15,17,21,24H,1,16,18-20H2,2-6H3. The van der Waals surface area contributed by atoms with E-state index in [2.05, 4.69) is 107 Å². The van der Waals surface area contributed by atoms with E-state index >= 15 is 0 Å². The molecule has 1 nitrogen and oxygen atoms in total. The predicted molar refractivity (Wildman–Crippen MR) is 120 cm³/mol. The monoisotopic (exact) mass is 363 g/mol. The van der Waals surface area contributed by atoms with Crippen molar-refractivity contribution >= 4 is 0 Å². The van der Waals surface area contributed by atoms with Gasteiger partial charge in [0.05, 0.1) is 0 Å². The van der Waals surface area contributed by atoms with Gasteiger partial charge in [-0.05, 0) is 60.8 Å². The zero-order chi connectivity index (χ0) is 19.9. The summed E-state index contributed by atoms with van der Waals surface area (Å²) in [7, 11) is 2.21. The summed E-state index contributed by atoms with van der Waals surface area (Å²) < 4.78 is 0. The second-order valence-corrected chi connectivity index (χ2v) is 8.71. The van der Waals surface area contributed by atoms with Crippen molar-refractivity contribution in [1.82, 2.24) is 4.90 Å². The number of hydrogen-bond donors (Lipinski definition) is 0. The van der Waals surface area contributed by atoms with Crippen molar-refractivity contribution in [3.63, 3.8) is 0 Å². The van der Waals surface area contributed by atoms with Crippen molar-refractivity contribution in [2.24, 2.45) is 17.3 Å². The Morgan fingerprint density at radius 1 is 1.30 bits per heavy atom. The largest absolute Gasteiger partial charge is 0.298 e. The summed E-state index contributed by atoms with van der Waals surface area (Å²) in [6, 6.07) is 6.69. The molecule has 0 fully saturated rings. The first-order valence-corrected chi connectivity index (χ1v) is 10.2. The molecule has 0 aromatic heterocycles. The lowest BCUT2D eigenvalue weighted by atomic mass is 9.75. The van der Waals surface area contributed by atoms with E-state index in [9.17, 15) is 0 Å². The number of likely N-dealkylation sites (N-methyl/N-ethyl adjacent to an activating group) is 1. The molecule has 1 aromatic carbocycles. The van der Waals surface area contributed by atoms with Crippen LogP contribution in [-0.2, 0) is 13.0 Å². The highest BCUT2D eigenvalue weighted by atomic mass is 15.1. The summed E-state index contributed by atoms with van der Waals surface area (Å²) in [6.07, 6.45) is 17.9. The molecule has 0 saturated heterocycles. The SMILES string of the molecule is C=CC(C)Cc1c(C)cccc1CN(C)CC=CC(C)(C)C1C=CC=CC1. The first-order chi connectivity index (χ1) is 12.8. The molecule has 0 amide bonds. The van der Waals surface area contributed by atoms with Crippen LogP contribution in [-0.4, -0.2) is 18.5 Å². The Morgan fingerprint density at radius 3 is 2.74 bits per heavy atom. The molecule has 146 valence electrons. The van der Waals surface area contributed by atoms with E-state index in [0.29, 0.717) is 11.8 Å². The van der Waals surface area contributed by atoms with Crippen molar-refractivity contribution in [1.29, 1.82) is 0 Å². The quantitative estimate of drug-likeness (QED) is 0.452. The number of allylic oxidation sites excluding steroid dienone is 6. The van der Waals surface area contributed by atoms with Crippen LogP contribution in [0.15, 0.2) is 67.3 Å². The summed E-state index contributed by atoms with van der Waals surface area (Å²) >= 11 is 0. The molecule has 2 unspecified atom stereocenters. The minimum atomic E-state index is 0.190. The highest BCUT2D eigenvalue weighted by molar-refractivity contribution is 5.35. The zero-order valence-corrected chi connectivity index (χ0v) is 17.9. The molecule has 0 bridgehead atoms. The first kappa shape index (κ1) is 21.4. The van der Waals surface area contributed by atoms with E-state index in [0.717, 1.165) is 25.9 Å². The lowest BCUT2D eigenvalue weighted by molar-refractivity contribution is 0.334. The fraction of sp³-hybridized carbons (Fsp3) is 0.462. The van der Waals surface area contributed by atoms with Crippen LogP contribution >= 0.6 is 0 Å². The van der Waals surface area contributed by atoms with Crippen molar-refractivity contribution in [2.45, 2.75) is 47.1 Å². The molecule has 0 aliphatic heterocycles. The molecule has 1 heteroatoms. The third-order valence-electron chi connectivity index (χ3n) is 5.78. The topological polar surface area (TPSA) is 3.24 Å². The van der Waals surface area contributed by atoms with E-state index in [-0.39, 0.29) is 5.41 Å². The molecule has 2 rings (SSSR count). The summed E-state index contributed by atoms with van der Waals surface area (Å²) in [5, 5.41) is 0. The van der Waals surface area contributed by atoms with Gasteiger partial charge in [-0.3, -0.25) is 4.90 Å². The van der Waals surface area contributed by atoms with Gasteiger partial charge in [0.25, 0.3) is 0 Å². The van der Waals surface area contributed by atoms with Gasteiger partial charge < -0.3 is 0 Å². The van der Waals surface area contributed by atoms with Gasteiger partial charge in [-0.25, -0.2) is 0 Å². The Kier molecular flexibility index (Phi) is 7.86. The lowest BCUT2D eigenvalue weighted by Crippen LogP contribution is -2.22. The van der Waals surface area contributed by atoms with Gasteiger partial charge in [0.1, 0.15) is 0 Å². The van der Waals surface area contributed by atoms with Crippen LogP contribution < -0.4 is 0 Å². The zero-order valence-electron chi connectivity index (χ0n) is 17.9. The Morgan fingerprint density at radius 2 is 2.07 bits per heavy atom. The van der Waals surface area contributed by atoms with Crippen LogP contribution in [0.4, 0.5) is 0 Å². The molecule has 27 heavy (non-hydrogen) atoms. The molecule has 1 aromatic rings. The van der Waals surface area contributed by atoms with Crippen LogP contribution in [0.2, 0.25) is 0 Å². The average molecular weight is 364 g/mol. The Hall–Kier alpha value is -1.86. The minimum Gasteiger partial charge on any atom is -0.298 e. The van der Waals surface area contributed by atoms with Crippen LogP contribution in [0.3, 0.4) is 0 Å². The van der Waals surface area contributed by atoms with Crippen LogP contribution in [0.25, 0.3) is 0 Å². The maximum Gasteiger partial charge on any atom is 0.0236 e. The summed E-state index contributed by atoms with van der Waals surface area (Å²) in [5.41, 5.74) is 4.51. The van der Waals surface area contributed by atoms with Gasteiger partial charge in [0, 0.05) is 13.1 Å². The van der Waals surface area contributed by atoms with Gasteiger partial charge in [-0.1, -0.05) is 81.5 Å². The van der Waals surface area contributed by atoms with Crippen LogP contribution in [0, 0.1) is 24.2 Å². The summed E-state index contributed by atoms with van der Waals surface area (Å²) in [5.74, 6) is 1.10. The molecule has 0 saturated carbocycles. The van der Waals surface area contributed by atoms with Gasteiger partial charge in [-0.15, -0.1) is 6.58 Å². The summed E-state index contributed by atoms with van der Waals surface area (Å²) in [4.78, 5) is 2.40. The predicted octanol–water partition coefficient (Wildman–Crippen LogP) is 6.51. The smallest absolute Gasteiger partial charge is 0.0236 e. The Balaban J connectivity index is 1.98. The number of aryl methyl sites for hydroxylation is 1. The molecule has 0 heterocycles. The van der Waals surface area contributed by atoms with Crippen molar-refractivity contribution in [3.8, 4) is 0 Å².